The zero-order valence-electron chi connectivity index (χ0n) is 15.2. The molecule has 2 aliphatic heterocycles. The first-order valence-electron chi connectivity index (χ1n) is 9.25. The fourth-order valence-corrected chi connectivity index (χ4v) is 4.15. The lowest BCUT2D eigenvalue weighted by Gasteiger charge is -2.27. The van der Waals surface area contributed by atoms with E-state index >= 15 is 0 Å². The van der Waals surface area contributed by atoms with Crippen LogP contribution in [-0.2, 0) is 19.0 Å². The lowest BCUT2D eigenvalue weighted by atomic mass is 10.0. The molecule has 1 saturated carbocycles. The Hall–Kier alpha value is -1.76. The summed E-state index contributed by atoms with van der Waals surface area (Å²) in [6.45, 7) is 6.42. The van der Waals surface area contributed by atoms with Gasteiger partial charge in [0.05, 0.1) is 31.8 Å². The summed E-state index contributed by atoms with van der Waals surface area (Å²) in [4.78, 5) is 27.9. The fraction of sp³-hybridized carbons (Fsp3) is 0.600. The Labute approximate surface area is 153 Å². The molecule has 140 valence electrons. The van der Waals surface area contributed by atoms with Crippen LogP contribution >= 0.6 is 0 Å². The second-order valence-corrected chi connectivity index (χ2v) is 7.66. The third-order valence-corrected chi connectivity index (χ3v) is 5.50. The zero-order chi connectivity index (χ0) is 18.3. The van der Waals surface area contributed by atoms with Gasteiger partial charge in [0.1, 0.15) is 0 Å². The molecule has 0 bridgehead atoms. The third-order valence-electron chi connectivity index (χ3n) is 5.50. The highest BCUT2D eigenvalue weighted by molar-refractivity contribution is 6.04. The molecule has 4 atom stereocenters. The molecule has 0 unspecified atom stereocenters. The number of Topliss-reactive ketones (excluding diaryl/α,β-unsaturated/α-hetero) is 1. The molecule has 3 fully saturated rings. The van der Waals surface area contributed by atoms with Crippen molar-refractivity contribution in [2.45, 2.75) is 25.7 Å². The monoisotopic (exact) mass is 359 g/mol. The Balaban J connectivity index is 1.55. The topological polar surface area (TPSA) is 65.1 Å². The molecule has 0 aromatic heterocycles. The Morgan fingerprint density at radius 3 is 2.38 bits per heavy atom. The molecule has 0 spiro atoms. The van der Waals surface area contributed by atoms with Gasteiger partial charge in [-0.1, -0.05) is 30.3 Å². The van der Waals surface area contributed by atoms with Crippen LogP contribution in [0.15, 0.2) is 30.3 Å². The number of hydrogen-bond donors (Lipinski definition) is 0. The van der Waals surface area contributed by atoms with E-state index < -0.39 is 5.79 Å². The second-order valence-electron chi connectivity index (χ2n) is 7.66. The van der Waals surface area contributed by atoms with Crippen molar-refractivity contribution in [3.05, 3.63) is 35.9 Å². The lowest BCUT2D eigenvalue weighted by molar-refractivity contribution is -0.144. The van der Waals surface area contributed by atoms with Crippen LogP contribution in [0.3, 0.4) is 0 Å². The number of amides is 1. The van der Waals surface area contributed by atoms with Gasteiger partial charge in [-0.2, -0.15) is 0 Å². The van der Waals surface area contributed by atoms with Crippen molar-refractivity contribution in [1.82, 2.24) is 4.90 Å². The van der Waals surface area contributed by atoms with Crippen LogP contribution in [-0.4, -0.2) is 61.4 Å². The standard InChI is InChI=1S/C20H25NO5/c1-20(2)25-12-14(26-20)15-16(18(22)13-6-4-3-5-7-13)17(15)19(23)21-8-10-24-11-9-21/h3-7,14-17H,8-12H2,1-2H3/t14-,15+,16+,17+/m0/s1. The summed E-state index contributed by atoms with van der Waals surface area (Å²) in [7, 11) is 0. The van der Waals surface area contributed by atoms with Gasteiger partial charge in [0.2, 0.25) is 5.91 Å². The maximum Gasteiger partial charge on any atom is 0.227 e. The lowest BCUT2D eigenvalue weighted by Crippen LogP contribution is -2.42. The van der Waals surface area contributed by atoms with Gasteiger partial charge in [0, 0.05) is 30.5 Å². The van der Waals surface area contributed by atoms with Crippen molar-refractivity contribution < 1.29 is 23.8 Å². The number of hydrogen-bond acceptors (Lipinski definition) is 5. The van der Waals surface area contributed by atoms with E-state index in [4.69, 9.17) is 14.2 Å². The summed E-state index contributed by atoms with van der Waals surface area (Å²) in [6, 6.07) is 9.20. The van der Waals surface area contributed by atoms with Gasteiger partial charge in [0.25, 0.3) is 0 Å². The minimum absolute atomic E-state index is 0.0236. The average Bonchev–Trinajstić information content (AvgIpc) is 3.30. The van der Waals surface area contributed by atoms with Crippen molar-refractivity contribution in [2.75, 3.05) is 32.9 Å². The van der Waals surface area contributed by atoms with Gasteiger partial charge in [-0.25, -0.2) is 0 Å². The predicted molar refractivity (Wildman–Crippen MR) is 93.5 cm³/mol. The van der Waals surface area contributed by atoms with E-state index in [1.807, 2.05) is 49.1 Å². The highest BCUT2D eigenvalue weighted by Crippen LogP contribution is 2.54. The molecular formula is C20H25NO5. The van der Waals surface area contributed by atoms with Crippen LogP contribution in [0.2, 0.25) is 0 Å². The first-order valence-corrected chi connectivity index (χ1v) is 9.25. The Morgan fingerprint density at radius 1 is 1.08 bits per heavy atom. The molecule has 1 amide bonds. The molecule has 1 aromatic carbocycles. The Kier molecular flexibility index (Phi) is 4.59. The fourth-order valence-electron chi connectivity index (χ4n) is 4.15. The van der Waals surface area contributed by atoms with Crippen LogP contribution in [0.1, 0.15) is 24.2 Å². The van der Waals surface area contributed by atoms with E-state index in [-0.39, 0.29) is 35.5 Å². The minimum atomic E-state index is -0.667. The average molecular weight is 359 g/mol. The third kappa shape index (κ3) is 3.29. The summed E-state index contributed by atoms with van der Waals surface area (Å²) in [5.74, 6) is -1.39. The number of nitrogens with zero attached hydrogens (tertiary/aromatic N) is 1. The number of carbonyl (C=O) groups excluding carboxylic acids is 2. The van der Waals surface area contributed by atoms with Gasteiger partial charge >= 0.3 is 0 Å². The number of ketones is 1. The quantitative estimate of drug-likeness (QED) is 0.766. The molecule has 0 N–H and O–H groups in total. The summed E-state index contributed by atoms with van der Waals surface area (Å²) < 4.78 is 17.0. The molecule has 6 nitrogen and oxygen atoms in total. The van der Waals surface area contributed by atoms with Gasteiger partial charge in [-0.15, -0.1) is 0 Å². The number of carbonyl (C=O) groups is 2. The van der Waals surface area contributed by atoms with Gasteiger partial charge in [-0.3, -0.25) is 9.59 Å². The minimum Gasteiger partial charge on any atom is -0.378 e. The SMILES string of the molecule is CC1(C)OC[C@@H]([C@@H]2[C@@H](C(=O)c3ccccc3)[C@@H]2C(=O)N2CCOCC2)O1. The van der Waals surface area contributed by atoms with E-state index in [1.54, 1.807) is 0 Å². The normalized spacial score (nSPS) is 33.1. The maximum atomic E-state index is 13.1. The molecule has 3 aliphatic rings. The number of ether oxygens (including phenoxy) is 3. The summed E-state index contributed by atoms with van der Waals surface area (Å²) in [6.07, 6.45) is -0.224. The van der Waals surface area contributed by atoms with Crippen molar-refractivity contribution in [3.8, 4) is 0 Å². The van der Waals surface area contributed by atoms with Crippen LogP contribution < -0.4 is 0 Å². The van der Waals surface area contributed by atoms with E-state index in [1.165, 1.54) is 0 Å². The Bertz CT molecular complexity index is 683. The highest BCUT2D eigenvalue weighted by Gasteiger charge is 2.64. The zero-order valence-corrected chi connectivity index (χ0v) is 15.2. The van der Waals surface area contributed by atoms with Gasteiger partial charge in [-0.05, 0) is 13.8 Å². The van der Waals surface area contributed by atoms with E-state index in [0.29, 0.717) is 38.5 Å². The van der Waals surface area contributed by atoms with Crippen LogP contribution in [0.4, 0.5) is 0 Å². The molecule has 2 saturated heterocycles. The summed E-state index contributed by atoms with van der Waals surface area (Å²) >= 11 is 0. The van der Waals surface area contributed by atoms with E-state index in [9.17, 15) is 9.59 Å². The highest BCUT2D eigenvalue weighted by atomic mass is 16.7. The van der Waals surface area contributed by atoms with Crippen molar-refractivity contribution in [2.24, 2.45) is 17.8 Å². The summed E-state index contributed by atoms with van der Waals surface area (Å²) in [5, 5.41) is 0. The van der Waals surface area contributed by atoms with Crippen molar-refractivity contribution in [3.63, 3.8) is 0 Å². The molecule has 1 aliphatic carbocycles. The van der Waals surface area contributed by atoms with Crippen molar-refractivity contribution >= 4 is 11.7 Å². The smallest absolute Gasteiger partial charge is 0.227 e. The Morgan fingerprint density at radius 2 is 1.77 bits per heavy atom. The van der Waals surface area contributed by atoms with E-state index in [2.05, 4.69) is 0 Å². The number of morpholine rings is 1. The molecule has 4 rings (SSSR count). The first kappa shape index (κ1) is 17.6. The van der Waals surface area contributed by atoms with Crippen molar-refractivity contribution in [1.29, 1.82) is 0 Å². The molecule has 1 aromatic rings. The van der Waals surface area contributed by atoms with E-state index in [0.717, 1.165) is 0 Å². The molecule has 0 radical (unpaired) electrons. The number of benzene rings is 1. The molecule has 2 heterocycles. The summed E-state index contributed by atoms with van der Waals surface area (Å²) in [5.41, 5.74) is 0.651. The molecular weight excluding hydrogens is 334 g/mol. The van der Waals surface area contributed by atoms with Gasteiger partial charge in [0.15, 0.2) is 11.6 Å². The second kappa shape index (κ2) is 6.76. The molecule has 6 heteroatoms. The first-order chi connectivity index (χ1) is 12.5. The maximum absolute atomic E-state index is 13.1. The largest absolute Gasteiger partial charge is 0.378 e. The van der Waals surface area contributed by atoms with Crippen LogP contribution in [0, 0.1) is 17.8 Å². The number of rotatable bonds is 4. The predicted octanol–water partition coefficient (Wildman–Crippen LogP) is 1.74. The molecule has 26 heavy (non-hydrogen) atoms. The van der Waals surface area contributed by atoms with Crippen LogP contribution in [0.5, 0.6) is 0 Å². The van der Waals surface area contributed by atoms with Gasteiger partial charge < -0.3 is 19.1 Å². The van der Waals surface area contributed by atoms with Crippen LogP contribution in [0.25, 0.3) is 0 Å².